The van der Waals surface area contributed by atoms with Gasteiger partial charge in [-0.2, -0.15) is 0 Å². The van der Waals surface area contributed by atoms with Crippen LogP contribution in [0.15, 0.2) is 41.3 Å². The zero-order chi connectivity index (χ0) is 15.8. The fraction of sp³-hybridized carbons (Fsp3) is 0.0769. The molecule has 0 aliphatic carbocycles. The highest BCUT2D eigenvalue weighted by molar-refractivity contribution is 7.93. The van der Waals surface area contributed by atoms with E-state index in [9.17, 15) is 17.9 Å². The molecule has 0 unspecified atom stereocenters. The maximum atomic E-state index is 13.3. The van der Waals surface area contributed by atoms with Gasteiger partial charge in [-0.15, -0.1) is 0 Å². The van der Waals surface area contributed by atoms with Gasteiger partial charge in [-0.1, -0.05) is 11.6 Å². The Kier molecular flexibility index (Phi) is 3.97. The molecular weight excluding hydrogens is 319 g/mol. The molecule has 0 aliphatic rings. The molecule has 0 saturated carbocycles. The Balaban J connectivity index is 2.51. The van der Waals surface area contributed by atoms with Gasteiger partial charge in [0, 0.05) is 7.05 Å². The molecule has 0 heterocycles. The summed E-state index contributed by atoms with van der Waals surface area (Å²) >= 11 is 5.80. The van der Waals surface area contributed by atoms with E-state index in [2.05, 4.69) is 0 Å². The Bertz CT molecular complexity index is 779. The summed E-state index contributed by atoms with van der Waals surface area (Å²) in [4.78, 5) is -0.293. The van der Waals surface area contributed by atoms with Crippen LogP contribution in [0.4, 0.5) is 15.8 Å². The first-order valence-electron chi connectivity index (χ1n) is 5.76. The predicted molar refractivity (Wildman–Crippen MR) is 79.5 cm³/mol. The Morgan fingerprint density at radius 2 is 1.81 bits per heavy atom. The number of nitrogens with two attached hydrogens (primary N) is 1. The van der Waals surface area contributed by atoms with Crippen LogP contribution in [0.2, 0.25) is 5.02 Å². The molecule has 0 radical (unpaired) electrons. The highest BCUT2D eigenvalue weighted by Gasteiger charge is 2.25. The highest BCUT2D eigenvalue weighted by Crippen LogP contribution is 2.30. The third kappa shape index (κ3) is 2.88. The number of nitrogen functional groups attached to an aromatic ring is 1. The maximum Gasteiger partial charge on any atom is 0.265 e. The molecule has 0 fully saturated rings. The van der Waals surface area contributed by atoms with E-state index in [0.717, 1.165) is 16.4 Å². The lowest BCUT2D eigenvalue weighted by Crippen LogP contribution is -2.27. The fourth-order valence-electron chi connectivity index (χ4n) is 1.69. The molecular formula is C13H12ClFN2O3S. The highest BCUT2D eigenvalue weighted by atomic mass is 35.5. The lowest BCUT2D eigenvalue weighted by atomic mass is 10.3. The molecule has 0 atom stereocenters. The van der Waals surface area contributed by atoms with E-state index in [4.69, 9.17) is 17.3 Å². The largest absolute Gasteiger partial charge is 0.508 e. The van der Waals surface area contributed by atoms with Crippen molar-refractivity contribution in [1.82, 2.24) is 0 Å². The quantitative estimate of drug-likeness (QED) is 0.847. The summed E-state index contributed by atoms with van der Waals surface area (Å²) in [5, 5.41) is 8.96. The van der Waals surface area contributed by atoms with E-state index in [1.54, 1.807) is 0 Å². The molecule has 2 aromatic rings. The van der Waals surface area contributed by atoms with E-state index in [1.165, 1.54) is 31.3 Å². The third-order valence-corrected chi connectivity index (χ3v) is 5.15. The SMILES string of the molecule is CN(c1ccc(O)cc1)S(=O)(=O)c1cc(N)c(F)cc1Cl. The zero-order valence-electron chi connectivity index (χ0n) is 10.9. The van der Waals surface area contributed by atoms with Crippen molar-refractivity contribution >= 4 is 33.0 Å². The summed E-state index contributed by atoms with van der Waals surface area (Å²) in [6, 6.07) is 7.38. The minimum atomic E-state index is -4.00. The summed E-state index contributed by atoms with van der Waals surface area (Å²) in [5.41, 5.74) is 5.40. The minimum absolute atomic E-state index is 0.00797. The predicted octanol–water partition coefficient (Wildman–Crippen LogP) is 2.59. The molecule has 2 aromatic carbocycles. The van der Waals surface area contributed by atoms with Crippen LogP contribution in [0, 0.1) is 5.82 Å². The smallest absolute Gasteiger partial charge is 0.265 e. The standard InChI is InChI=1S/C13H12ClFN2O3S/c1-17(8-2-4-9(18)5-3-8)21(19,20)13-7-12(16)11(15)6-10(13)14/h2-7,18H,16H2,1H3. The first kappa shape index (κ1) is 15.4. The number of rotatable bonds is 3. The number of nitrogens with zero attached hydrogens (tertiary/aromatic N) is 1. The number of sulfonamides is 1. The second-order valence-corrected chi connectivity index (χ2v) is 6.64. The molecule has 21 heavy (non-hydrogen) atoms. The Labute approximate surface area is 126 Å². The molecule has 0 amide bonds. The number of phenolic OH excluding ortho intramolecular Hbond substituents is 1. The summed E-state index contributed by atoms with van der Waals surface area (Å²) < 4.78 is 39.2. The van der Waals surface area contributed by atoms with Gasteiger partial charge in [0.25, 0.3) is 10.0 Å². The van der Waals surface area contributed by atoms with Crippen LogP contribution in [0.3, 0.4) is 0 Å². The molecule has 0 saturated heterocycles. The minimum Gasteiger partial charge on any atom is -0.508 e. The van der Waals surface area contributed by atoms with Crippen molar-refractivity contribution in [1.29, 1.82) is 0 Å². The summed E-state index contributed by atoms with van der Waals surface area (Å²) in [5.74, 6) is -0.778. The zero-order valence-corrected chi connectivity index (χ0v) is 12.5. The summed E-state index contributed by atoms with van der Waals surface area (Å²) in [7, 11) is -2.68. The number of anilines is 2. The van der Waals surface area contributed by atoms with E-state index < -0.39 is 15.8 Å². The summed E-state index contributed by atoms with van der Waals surface area (Å²) in [6.07, 6.45) is 0. The van der Waals surface area contributed by atoms with E-state index in [0.29, 0.717) is 5.69 Å². The Hall–Kier alpha value is -1.99. The number of hydrogen-bond acceptors (Lipinski definition) is 4. The van der Waals surface area contributed by atoms with Crippen molar-refractivity contribution in [2.24, 2.45) is 0 Å². The van der Waals surface area contributed by atoms with E-state index >= 15 is 0 Å². The fourth-order valence-corrected chi connectivity index (χ4v) is 3.41. The molecule has 0 spiro atoms. The molecule has 5 nitrogen and oxygen atoms in total. The molecule has 8 heteroatoms. The number of aromatic hydroxyl groups is 1. The van der Waals surface area contributed by atoms with Gasteiger partial charge in [-0.3, -0.25) is 4.31 Å². The van der Waals surface area contributed by atoms with Crippen LogP contribution in [0.1, 0.15) is 0 Å². The lowest BCUT2D eigenvalue weighted by Gasteiger charge is -2.20. The summed E-state index contributed by atoms with van der Waals surface area (Å²) in [6.45, 7) is 0. The number of hydrogen-bond donors (Lipinski definition) is 2. The van der Waals surface area contributed by atoms with Crippen molar-refractivity contribution in [3.05, 3.63) is 47.2 Å². The van der Waals surface area contributed by atoms with Crippen LogP contribution in [-0.4, -0.2) is 20.6 Å². The van der Waals surface area contributed by atoms with Crippen LogP contribution in [0.5, 0.6) is 5.75 Å². The van der Waals surface area contributed by atoms with Gasteiger partial charge in [0.2, 0.25) is 0 Å². The average Bonchev–Trinajstić information content (AvgIpc) is 2.42. The Morgan fingerprint density at radius 1 is 1.24 bits per heavy atom. The van der Waals surface area contributed by atoms with Gasteiger partial charge in [0.15, 0.2) is 0 Å². The second-order valence-electron chi connectivity index (χ2n) is 4.29. The molecule has 0 bridgehead atoms. The molecule has 0 aliphatic heterocycles. The first-order chi connectivity index (χ1) is 9.73. The van der Waals surface area contributed by atoms with Crippen molar-refractivity contribution in [2.75, 3.05) is 17.1 Å². The van der Waals surface area contributed by atoms with Gasteiger partial charge in [-0.05, 0) is 36.4 Å². The van der Waals surface area contributed by atoms with Crippen molar-refractivity contribution in [3.8, 4) is 5.75 Å². The van der Waals surface area contributed by atoms with Gasteiger partial charge < -0.3 is 10.8 Å². The van der Waals surface area contributed by atoms with Gasteiger partial charge in [0.05, 0.1) is 16.4 Å². The monoisotopic (exact) mass is 330 g/mol. The van der Waals surface area contributed by atoms with E-state index in [1.807, 2.05) is 0 Å². The van der Waals surface area contributed by atoms with Gasteiger partial charge >= 0.3 is 0 Å². The van der Waals surface area contributed by atoms with Crippen LogP contribution in [0.25, 0.3) is 0 Å². The van der Waals surface area contributed by atoms with Crippen LogP contribution < -0.4 is 10.0 Å². The van der Waals surface area contributed by atoms with Crippen LogP contribution in [-0.2, 0) is 10.0 Å². The molecule has 0 aromatic heterocycles. The molecule has 112 valence electrons. The number of benzene rings is 2. The third-order valence-electron chi connectivity index (χ3n) is 2.90. The maximum absolute atomic E-state index is 13.3. The van der Waals surface area contributed by atoms with Gasteiger partial charge in [-0.25, -0.2) is 12.8 Å². The van der Waals surface area contributed by atoms with Crippen molar-refractivity contribution in [2.45, 2.75) is 4.90 Å². The average molecular weight is 331 g/mol. The van der Waals surface area contributed by atoms with E-state index in [-0.39, 0.29) is 21.4 Å². The van der Waals surface area contributed by atoms with Crippen molar-refractivity contribution < 1.29 is 17.9 Å². The van der Waals surface area contributed by atoms with Gasteiger partial charge in [0.1, 0.15) is 16.5 Å². The normalized spacial score (nSPS) is 11.4. The molecule has 2 rings (SSSR count). The first-order valence-corrected chi connectivity index (χ1v) is 7.58. The topological polar surface area (TPSA) is 83.6 Å². The van der Waals surface area contributed by atoms with Crippen molar-refractivity contribution in [3.63, 3.8) is 0 Å². The number of halogens is 2. The number of phenols is 1. The second kappa shape index (κ2) is 5.42. The lowest BCUT2D eigenvalue weighted by molar-refractivity contribution is 0.475. The van der Waals surface area contributed by atoms with Crippen LogP contribution >= 0.6 is 11.6 Å². The molecule has 3 N–H and O–H groups in total. The Morgan fingerprint density at radius 3 is 2.38 bits per heavy atom.